The van der Waals surface area contributed by atoms with Crippen LogP contribution in [0.3, 0.4) is 0 Å². The molecule has 0 bridgehead atoms. The van der Waals surface area contributed by atoms with Gasteiger partial charge in [-0.3, -0.25) is 4.79 Å². The third-order valence-electron chi connectivity index (χ3n) is 2.58. The molecule has 6 heteroatoms. The Bertz CT molecular complexity index is 265. The number of nitrogens with one attached hydrogen (secondary N) is 1. The third-order valence-corrected chi connectivity index (χ3v) is 2.58. The molecule has 0 aromatic rings. The van der Waals surface area contributed by atoms with E-state index >= 15 is 0 Å². The standard InChI is InChI=1S/C15H31NO5/c1-13(18)16-6-5-7-19-8-9-20-11-14(10-17)12-21-15(2,3)4/h14,17H,5-12H2,1-4H3,(H,16,18). The number of carbonyl (C=O) groups is 1. The predicted molar refractivity (Wildman–Crippen MR) is 81.2 cm³/mol. The fourth-order valence-electron chi connectivity index (χ4n) is 1.43. The summed E-state index contributed by atoms with van der Waals surface area (Å²) in [6, 6.07) is 0. The lowest BCUT2D eigenvalue weighted by atomic mass is 10.1. The van der Waals surface area contributed by atoms with Crippen molar-refractivity contribution in [3.63, 3.8) is 0 Å². The van der Waals surface area contributed by atoms with Gasteiger partial charge in [0.15, 0.2) is 0 Å². The van der Waals surface area contributed by atoms with E-state index in [0.29, 0.717) is 39.6 Å². The normalized spacial score (nSPS) is 13.2. The smallest absolute Gasteiger partial charge is 0.216 e. The minimum Gasteiger partial charge on any atom is -0.396 e. The summed E-state index contributed by atoms with van der Waals surface area (Å²) in [6.45, 7) is 10.7. The van der Waals surface area contributed by atoms with Gasteiger partial charge in [-0.25, -0.2) is 0 Å². The Morgan fingerprint density at radius 3 is 2.38 bits per heavy atom. The van der Waals surface area contributed by atoms with Crippen LogP contribution < -0.4 is 5.32 Å². The van der Waals surface area contributed by atoms with Crippen LogP contribution in [-0.2, 0) is 19.0 Å². The second-order valence-electron chi connectivity index (χ2n) is 6.00. The van der Waals surface area contributed by atoms with Gasteiger partial charge in [0.05, 0.1) is 38.6 Å². The van der Waals surface area contributed by atoms with Crippen LogP contribution in [0.5, 0.6) is 0 Å². The summed E-state index contributed by atoms with van der Waals surface area (Å²) in [5.41, 5.74) is -0.204. The van der Waals surface area contributed by atoms with Crippen molar-refractivity contribution in [3.05, 3.63) is 0 Å². The molecule has 21 heavy (non-hydrogen) atoms. The van der Waals surface area contributed by atoms with Crippen LogP contribution in [0.4, 0.5) is 0 Å². The minimum absolute atomic E-state index is 0.0102. The third kappa shape index (κ3) is 15.5. The van der Waals surface area contributed by atoms with E-state index < -0.39 is 0 Å². The number of carbonyl (C=O) groups excluding carboxylic acids is 1. The van der Waals surface area contributed by atoms with Crippen LogP contribution in [0.25, 0.3) is 0 Å². The Hall–Kier alpha value is -0.690. The van der Waals surface area contributed by atoms with Crippen LogP contribution in [0.15, 0.2) is 0 Å². The summed E-state index contributed by atoms with van der Waals surface area (Å²) in [7, 11) is 0. The molecule has 0 aliphatic heterocycles. The summed E-state index contributed by atoms with van der Waals surface area (Å²) < 4.78 is 16.5. The molecule has 0 spiro atoms. The number of aliphatic hydroxyl groups excluding tert-OH is 1. The number of aliphatic hydroxyl groups is 1. The molecule has 0 aliphatic carbocycles. The van der Waals surface area contributed by atoms with Crippen LogP contribution in [0.2, 0.25) is 0 Å². The molecule has 126 valence electrons. The Morgan fingerprint density at radius 1 is 1.14 bits per heavy atom. The lowest BCUT2D eigenvalue weighted by Crippen LogP contribution is -2.28. The number of ether oxygens (including phenoxy) is 3. The molecule has 2 N–H and O–H groups in total. The average molecular weight is 305 g/mol. The number of hydrogen-bond acceptors (Lipinski definition) is 5. The zero-order valence-corrected chi connectivity index (χ0v) is 13.8. The SMILES string of the molecule is CC(=O)NCCCOCCOCC(CO)COC(C)(C)C. The van der Waals surface area contributed by atoms with Gasteiger partial charge in [0.1, 0.15) is 0 Å². The van der Waals surface area contributed by atoms with Crippen molar-refractivity contribution in [2.75, 3.05) is 46.2 Å². The van der Waals surface area contributed by atoms with Crippen LogP contribution in [0.1, 0.15) is 34.1 Å². The van der Waals surface area contributed by atoms with Crippen molar-refractivity contribution in [2.45, 2.75) is 39.7 Å². The van der Waals surface area contributed by atoms with E-state index in [0.717, 1.165) is 6.42 Å². The lowest BCUT2D eigenvalue weighted by Gasteiger charge is -2.23. The van der Waals surface area contributed by atoms with E-state index in [9.17, 15) is 9.90 Å². The van der Waals surface area contributed by atoms with Gasteiger partial charge in [-0.2, -0.15) is 0 Å². The van der Waals surface area contributed by atoms with E-state index in [1.165, 1.54) is 6.92 Å². The summed E-state index contributed by atoms with van der Waals surface area (Å²) in [6.07, 6.45) is 0.790. The van der Waals surface area contributed by atoms with Gasteiger partial charge < -0.3 is 24.6 Å². The zero-order valence-electron chi connectivity index (χ0n) is 13.8. The first kappa shape index (κ1) is 20.3. The molecule has 0 saturated heterocycles. The second-order valence-corrected chi connectivity index (χ2v) is 6.00. The minimum atomic E-state index is -0.204. The first-order chi connectivity index (χ1) is 9.85. The van der Waals surface area contributed by atoms with E-state index in [2.05, 4.69) is 5.32 Å². The van der Waals surface area contributed by atoms with Gasteiger partial charge >= 0.3 is 0 Å². The molecular weight excluding hydrogens is 274 g/mol. The summed E-state index contributed by atoms with van der Waals surface area (Å²) >= 11 is 0. The Kier molecular flexibility index (Phi) is 11.5. The van der Waals surface area contributed by atoms with Crippen molar-refractivity contribution in [3.8, 4) is 0 Å². The number of amides is 1. The Balaban J connectivity index is 3.41. The highest BCUT2D eigenvalue weighted by atomic mass is 16.5. The highest BCUT2D eigenvalue weighted by molar-refractivity contribution is 5.72. The molecule has 1 amide bonds. The van der Waals surface area contributed by atoms with Crippen LogP contribution in [0, 0.1) is 5.92 Å². The maximum atomic E-state index is 10.6. The highest BCUT2D eigenvalue weighted by Crippen LogP contribution is 2.09. The molecule has 0 aliphatic rings. The summed E-state index contributed by atoms with van der Waals surface area (Å²) in [5.74, 6) is -0.0326. The average Bonchev–Trinajstić information content (AvgIpc) is 2.38. The summed E-state index contributed by atoms with van der Waals surface area (Å²) in [4.78, 5) is 10.6. The topological polar surface area (TPSA) is 77.0 Å². The van der Waals surface area contributed by atoms with E-state index in [1.807, 2.05) is 20.8 Å². The van der Waals surface area contributed by atoms with Gasteiger partial charge in [0.25, 0.3) is 0 Å². The first-order valence-corrected chi connectivity index (χ1v) is 7.50. The van der Waals surface area contributed by atoms with E-state index in [1.54, 1.807) is 0 Å². The van der Waals surface area contributed by atoms with E-state index in [4.69, 9.17) is 14.2 Å². The van der Waals surface area contributed by atoms with Crippen molar-refractivity contribution in [1.82, 2.24) is 5.32 Å². The van der Waals surface area contributed by atoms with Crippen molar-refractivity contribution >= 4 is 5.91 Å². The highest BCUT2D eigenvalue weighted by Gasteiger charge is 2.15. The molecule has 0 heterocycles. The van der Waals surface area contributed by atoms with Gasteiger partial charge in [-0.05, 0) is 27.2 Å². The number of hydrogen-bond donors (Lipinski definition) is 2. The first-order valence-electron chi connectivity index (χ1n) is 7.50. The molecule has 0 rings (SSSR count). The zero-order chi connectivity index (χ0) is 16.1. The van der Waals surface area contributed by atoms with Crippen molar-refractivity contribution in [1.29, 1.82) is 0 Å². The molecule has 0 radical (unpaired) electrons. The Labute approximate surface area is 128 Å². The van der Waals surface area contributed by atoms with Gasteiger partial charge in [-0.15, -0.1) is 0 Å². The summed E-state index contributed by atoms with van der Waals surface area (Å²) in [5, 5.41) is 11.9. The molecule has 1 unspecified atom stereocenters. The molecule has 6 nitrogen and oxygen atoms in total. The maximum Gasteiger partial charge on any atom is 0.216 e. The number of rotatable bonds is 12. The quantitative estimate of drug-likeness (QED) is 0.525. The molecular formula is C15H31NO5. The fourth-order valence-corrected chi connectivity index (χ4v) is 1.43. The van der Waals surface area contributed by atoms with Crippen molar-refractivity contribution in [2.24, 2.45) is 5.92 Å². The fraction of sp³-hybridized carbons (Fsp3) is 0.933. The second kappa shape index (κ2) is 11.9. The van der Waals surface area contributed by atoms with Gasteiger partial charge in [-0.1, -0.05) is 0 Å². The maximum absolute atomic E-state index is 10.6. The molecule has 1 atom stereocenters. The molecule has 0 aromatic carbocycles. The molecule has 0 saturated carbocycles. The Morgan fingerprint density at radius 2 is 1.81 bits per heavy atom. The predicted octanol–water partition coefficient (Wildman–Crippen LogP) is 0.969. The van der Waals surface area contributed by atoms with Crippen LogP contribution in [-0.4, -0.2) is 62.8 Å². The molecule has 0 aromatic heterocycles. The van der Waals surface area contributed by atoms with Gasteiger partial charge in [0, 0.05) is 26.0 Å². The van der Waals surface area contributed by atoms with E-state index in [-0.39, 0.29) is 24.0 Å². The van der Waals surface area contributed by atoms with Gasteiger partial charge in [0.2, 0.25) is 5.91 Å². The monoisotopic (exact) mass is 305 g/mol. The van der Waals surface area contributed by atoms with Crippen LogP contribution >= 0.6 is 0 Å². The van der Waals surface area contributed by atoms with Crippen molar-refractivity contribution < 1.29 is 24.1 Å². The largest absolute Gasteiger partial charge is 0.396 e. The molecule has 0 fully saturated rings. The lowest BCUT2D eigenvalue weighted by molar-refractivity contribution is -0.119.